The van der Waals surface area contributed by atoms with Crippen molar-refractivity contribution in [2.45, 2.75) is 13.0 Å². The standard InChI is InChI=1S/C16H17BrN2O/c1-11-7-8-13(9-14(11)17)16(20)19-10-15(18)12-5-3-2-4-6-12/h2-9,15H,10,18H2,1H3,(H,19,20). The molecule has 0 fully saturated rings. The molecular formula is C16H17BrN2O. The fourth-order valence-electron chi connectivity index (χ4n) is 1.86. The molecule has 0 aliphatic carbocycles. The van der Waals surface area contributed by atoms with Gasteiger partial charge in [-0.2, -0.15) is 0 Å². The summed E-state index contributed by atoms with van der Waals surface area (Å²) in [5.74, 6) is -0.114. The zero-order valence-electron chi connectivity index (χ0n) is 11.3. The fourth-order valence-corrected chi connectivity index (χ4v) is 2.24. The highest BCUT2D eigenvalue weighted by Crippen LogP contribution is 2.17. The van der Waals surface area contributed by atoms with Crippen LogP contribution < -0.4 is 11.1 Å². The van der Waals surface area contributed by atoms with Crippen LogP contribution in [0.3, 0.4) is 0 Å². The number of benzene rings is 2. The molecule has 2 rings (SSSR count). The minimum Gasteiger partial charge on any atom is -0.350 e. The van der Waals surface area contributed by atoms with Crippen LogP contribution in [0.4, 0.5) is 0 Å². The molecule has 104 valence electrons. The van der Waals surface area contributed by atoms with Crippen LogP contribution >= 0.6 is 15.9 Å². The van der Waals surface area contributed by atoms with E-state index < -0.39 is 0 Å². The number of carbonyl (C=O) groups is 1. The Morgan fingerprint density at radius 1 is 1.25 bits per heavy atom. The number of nitrogens with two attached hydrogens (primary N) is 1. The fraction of sp³-hybridized carbons (Fsp3) is 0.188. The molecule has 0 saturated heterocycles. The third kappa shape index (κ3) is 3.68. The summed E-state index contributed by atoms with van der Waals surface area (Å²) in [6.45, 7) is 2.39. The van der Waals surface area contributed by atoms with Gasteiger partial charge in [0.25, 0.3) is 5.91 Å². The topological polar surface area (TPSA) is 55.1 Å². The van der Waals surface area contributed by atoms with Crippen LogP contribution in [0.25, 0.3) is 0 Å². The average molecular weight is 333 g/mol. The van der Waals surface area contributed by atoms with E-state index in [4.69, 9.17) is 5.73 Å². The summed E-state index contributed by atoms with van der Waals surface area (Å²) in [4.78, 5) is 12.1. The predicted octanol–water partition coefficient (Wildman–Crippen LogP) is 3.19. The van der Waals surface area contributed by atoms with Crippen LogP contribution in [0.15, 0.2) is 53.0 Å². The van der Waals surface area contributed by atoms with Crippen LogP contribution in [-0.2, 0) is 0 Å². The first-order chi connectivity index (χ1) is 9.58. The normalized spacial score (nSPS) is 11.9. The van der Waals surface area contributed by atoms with Gasteiger partial charge in [-0.1, -0.05) is 52.3 Å². The van der Waals surface area contributed by atoms with Crippen molar-refractivity contribution < 1.29 is 4.79 Å². The van der Waals surface area contributed by atoms with Crippen molar-refractivity contribution in [2.24, 2.45) is 5.73 Å². The Kier molecular flexibility index (Phi) is 4.93. The molecule has 3 nitrogen and oxygen atoms in total. The van der Waals surface area contributed by atoms with E-state index in [2.05, 4.69) is 21.2 Å². The van der Waals surface area contributed by atoms with Crippen molar-refractivity contribution in [3.63, 3.8) is 0 Å². The van der Waals surface area contributed by atoms with Gasteiger partial charge in [0, 0.05) is 22.6 Å². The zero-order chi connectivity index (χ0) is 14.5. The summed E-state index contributed by atoms with van der Waals surface area (Å²) >= 11 is 3.43. The molecule has 1 amide bonds. The number of aryl methyl sites for hydroxylation is 1. The summed E-state index contributed by atoms with van der Waals surface area (Å²) in [5.41, 5.74) is 8.79. The SMILES string of the molecule is Cc1ccc(C(=O)NCC(N)c2ccccc2)cc1Br. The summed E-state index contributed by atoms with van der Waals surface area (Å²) in [7, 11) is 0. The zero-order valence-corrected chi connectivity index (χ0v) is 12.9. The second kappa shape index (κ2) is 6.68. The first-order valence-electron chi connectivity index (χ1n) is 6.43. The van der Waals surface area contributed by atoms with Crippen LogP contribution in [0, 0.1) is 6.92 Å². The number of hydrogen-bond donors (Lipinski definition) is 2. The minimum atomic E-state index is -0.200. The van der Waals surface area contributed by atoms with Crippen molar-refractivity contribution in [1.29, 1.82) is 0 Å². The lowest BCUT2D eigenvalue weighted by Crippen LogP contribution is -2.31. The molecule has 0 aliphatic heterocycles. The quantitative estimate of drug-likeness (QED) is 0.903. The Labute approximate surface area is 127 Å². The maximum absolute atomic E-state index is 12.1. The lowest BCUT2D eigenvalue weighted by atomic mass is 10.1. The Morgan fingerprint density at radius 3 is 2.60 bits per heavy atom. The van der Waals surface area contributed by atoms with Crippen LogP contribution in [0.1, 0.15) is 27.5 Å². The molecule has 0 heterocycles. The van der Waals surface area contributed by atoms with Gasteiger partial charge < -0.3 is 11.1 Å². The Hall–Kier alpha value is -1.65. The van der Waals surface area contributed by atoms with Crippen LogP contribution in [0.2, 0.25) is 0 Å². The van der Waals surface area contributed by atoms with E-state index in [-0.39, 0.29) is 11.9 Å². The van der Waals surface area contributed by atoms with Gasteiger partial charge in [-0.05, 0) is 30.2 Å². The van der Waals surface area contributed by atoms with E-state index in [9.17, 15) is 4.79 Å². The van der Waals surface area contributed by atoms with E-state index >= 15 is 0 Å². The van der Waals surface area contributed by atoms with E-state index in [1.807, 2.05) is 55.5 Å². The molecule has 2 aromatic rings. The van der Waals surface area contributed by atoms with Gasteiger partial charge in [0.1, 0.15) is 0 Å². The van der Waals surface area contributed by atoms with Gasteiger partial charge in [0.15, 0.2) is 0 Å². The van der Waals surface area contributed by atoms with E-state index in [1.165, 1.54) is 0 Å². The summed E-state index contributed by atoms with van der Waals surface area (Å²) < 4.78 is 0.928. The average Bonchev–Trinajstić information content (AvgIpc) is 2.48. The van der Waals surface area contributed by atoms with Crippen LogP contribution in [-0.4, -0.2) is 12.5 Å². The molecule has 1 unspecified atom stereocenters. The molecule has 20 heavy (non-hydrogen) atoms. The van der Waals surface area contributed by atoms with Crippen molar-refractivity contribution in [1.82, 2.24) is 5.32 Å². The van der Waals surface area contributed by atoms with E-state index in [0.717, 1.165) is 15.6 Å². The molecule has 0 aromatic heterocycles. The maximum atomic E-state index is 12.1. The second-order valence-electron chi connectivity index (χ2n) is 4.69. The van der Waals surface area contributed by atoms with Crippen LogP contribution in [0.5, 0.6) is 0 Å². The summed E-state index contributed by atoms with van der Waals surface area (Å²) in [6.07, 6.45) is 0. The monoisotopic (exact) mass is 332 g/mol. The minimum absolute atomic E-state index is 0.114. The summed E-state index contributed by atoms with van der Waals surface area (Å²) in [6, 6.07) is 15.1. The first-order valence-corrected chi connectivity index (χ1v) is 7.22. The third-order valence-corrected chi connectivity index (χ3v) is 4.00. The molecule has 0 radical (unpaired) electrons. The van der Waals surface area contributed by atoms with Crippen molar-refractivity contribution in [2.75, 3.05) is 6.54 Å². The molecule has 0 spiro atoms. The smallest absolute Gasteiger partial charge is 0.251 e. The van der Waals surface area contributed by atoms with Gasteiger partial charge in [-0.3, -0.25) is 4.79 Å². The molecular weight excluding hydrogens is 316 g/mol. The van der Waals surface area contributed by atoms with E-state index in [1.54, 1.807) is 0 Å². The van der Waals surface area contributed by atoms with Gasteiger partial charge in [0.05, 0.1) is 0 Å². The number of halogens is 1. The molecule has 0 aliphatic rings. The third-order valence-electron chi connectivity index (χ3n) is 3.14. The Balaban J connectivity index is 1.97. The Morgan fingerprint density at radius 2 is 1.95 bits per heavy atom. The summed E-state index contributed by atoms with van der Waals surface area (Å²) in [5, 5.41) is 2.86. The largest absolute Gasteiger partial charge is 0.350 e. The molecule has 4 heteroatoms. The highest BCUT2D eigenvalue weighted by Gasteiger charge is 2.10. The lowest BCUT2D eigenvalue weighted by molar-refractivity contribution is 0.0951. The van der Waals surface area contributed by atoms with Crippen molar-refractivity contribution >= 4 is 21.8 Å². The Bertz CT molecular complexity index is 599. The van der Waals surface area contributed by atoms with Gasteiger partial charge in [0.2, 0.25) is 0 Å². The number of nitrogens with one attached hydrogen (secondary N) is 1. The lowest BCUT2D eigenvalue weighted by Gasteiger charge is -2.13. The molecule has 0 bridgehead atoms. The molecule has 0 saturated carbocycles. The maximum Gasteiger partial charge on any atom is 0.251 e. The highest BCUT2D eigenvalue weighted by atomic mass is 79.9. The van der Waals surface area contributed by atoms with Gasteiger partial charge >= 0.3 is 0 Å². The van der Waals surface area contributed by atoms with Crippen molar-refractivity contribution in [3.8, 4) is 0 Å². The highest BCUT2D eigenvalue weighted by molar-refractivity contribution is 9.10. The molecule has 1 atom stereocenters. The molecule has 3 N–H and O–H groups in total. The van der Waals surface area contributed by atoms with Gasteiger partial charge in [-0.25, -0.2) is 0 Å². The second-order valence-corrected chi connectivity index (χ2v) is 5.55. The number of carbonyl (C=O) groups excluding carboxylic acids is 1. The number of rotatable bonds is 4. The number of amides is 1. The van der Waals surface area contributed by atoms with Crippen molar-refractivity contribution in [3.05, 3.63) is 69.7 Å². The first kappa shape index (κ1) is 14.8. The predicted molar refractivity (Wildman–Crippen MR) is 84.6 cm³/mol. The number of hydrogen-bond acceptors (Lipinski definition) is 2. The van der Waals surface area contributed by atoms with Gasteiger partial charge in [-0.15, -0.1) is 0 Å². The van der Waals surface area contributed by atoms with E-state index in [0.29, 0.717) is 12.1 Å². The molecule has 2 aromatic carbocycles.